The lowest BCUT2D eigenvalue weighted by Crippen LogP contribution is -2.22. The van der Waals surface area contributed by atoms with Crippen LogP contribution in [0, 0.1) is 0 Å². The van der Waals surface area contributed by atoms with Crippen LogP contribution in [-0.4, -0.2) is 19.0 Å². The quantitative estimate of drug-likeness (QED) is 0.389. The monoisotopic (exact) mass is 223 g/mol. The van der Waals surface area contributed by atoms with Gasteiger partial charge >= 0.3 is 5.97 Å². The number of aliphatic carboxylic acids is 1. The number of esters is 1. The molecule has 0 aromatic rings. The molecule has 0 aliphatic heterocycles. The number of allylic oxidation sites excluding steroid dienone is 2. The van der Waals surface area contributed by atoms with Gasteiger partial charge in [-0.15, -0.1) is 0 Å². The first kappa shape index (κ1) is 12.0. The molecule has 0 aliphatic rings. The zero-order valence-electron chi connectivity index (χ0n) is 6.54. The normalized spacial score (nSPS) is 12.5. The van der Waals surface area contributed by atoms with E-state index in [0.717, 1.165) is 12.2 Å². The van der Waals surface area contributed by atoms with E-state index in [0.29, 0.717) is 0 Å². The van der Waals surface area contributed by atoms with Gasteiger partial charge in [-0.1, -0.05) is 23.2 Å². The van der Waals surface area contributed by atoms with Crippen LogP contribution < -0.4 is 5.11 Å². The van der Waals surface area contributed by atoms with Crippen LogP contribution >= 0.6 is 23.2 Å². The Bertz CT molecular complexity index is 280. The minimum atomic E-state index is -1.61. The van der Waals surface area contributed by atoms with Gasteiger partial charge in [0.1, 0.15) is 0 Å². The van der Waals surface area contributed by atoms with E-state index in [2.05, 4.69) is 4.74 Å². The Labute approximate surface area is 84.4 Å². The van der Waals surface area contributed by atoms with Crippen molar-refractivity contribution in [2.24, 2.45) is 0 Å². The summed E-state index contributed by atoms with van der Waals surface area (Å²) in [5.74, 6) is -2.28. The summed E-state index contributed by atoms with van der Waals surface area (Å²) in [5.41, 5.74) is 0. The molecule has 0 aliphatic carbocycles. The summed E-state index contributed by atoms with van der Waals surface area (Å²) in [6, 6.07) is 0. The van der Waals surface area contributed by atoms with Crippen LogP contribution in [0.3, 0.4) is 0 Å². The smallest absolute Gasteiger partial charge is 0.330 e. The van der Waals surface area contributed by atoms with Crippen molar-refractivity contribution in [3.8, 4) is 0 Å². The topological polar surface area (TPSA) is 66.4 Å². The summed E-state index contributed by atoms with van der Waals surface area (Å²) in [6.07, 6.45) is 1.94. The second-order valence-electron chi connectivity index (χ2n) is 1.81. The predicted octanol–water partition coefficient (Wildman–Crippen LogP) is 0.155. The first-order chi connectivity index (χ1) is 5.99. The largest absolute Gasteiger partial charge is 0.544 e. The van der Waals surface area contributed by atoms with E-state index in [1.807, 2.05) is 0 Å². The molecule has 0 bridgehead atoms. The van der Waals surface area contributed by atoms with Crippen molar-refractivity contribution in [2.75, 3.05) is 7.11 Å². The molecule has 0 unspecified atom stereocenters. The number of hydrogen-bond acceptors (Lipinski definition) is 4. The fraction of sp³-hybridized carbons (Fsp3) is 0.143. The Morgan fingerprint density at radius 1 is 1.31 bits per heavy atom. The zero-order chi connectivity index (χ0) is 10.4. The third-order valence-electron chi connectivity index (χ3n) is 0.956. The summed E-state index contributed by atoms with van der Waals surface area (Å²) in [6.45, 7) is 0. The van der Waals surface area contributed by atoms with Crippen LogP contribution in [0.25, 0.3) is 0 Å². The maximum absolute atomic E-state index is 10.5. The molecule has 0 aromatic carbocycles. The molecule has 0 heterocycles. The van der Waals surface area contributed by atoms with Gasteiger partial charge in [-0.2, -0.15) is 0 Å². The molecule has 4 nitrogen and oxygen atoms in total. The van der Waals surface area contributed by atoms with E-state index >= 15 is 0 Å². The lowest BCUT2D eigenvalue weighted by Gasteiger charge is -1.99. The van der Waals surface area contributed by atoms with Gasteiger partial charge in [0, 0.05) is 6.08 Å². The maximum Gasteiger partial charge on any atom is 0.330 e. The van der Waals surface area contributed by atoms with Gasteiger partial charge in [0.05, 0.1) is 23.1 Å². The van der Waals surface area contributed by atoms with Gasteiger partial charge in [0.25, 0.3) is 0 Å². The van der Waals surface area contributed by atoms with Crippen LogP contribution in [0.15, 0.2) is 22.2 Å². The van der Waals surface area contributed by atoms with Crippen molar-refractivity contribution in [3.63, 3.8) is 0 Å². The van der Waals surface area contributed by atoms with Gasteiger partial charge in [-0.3, -0.25) is 0 Å². The number of carbonyl (C=O) groups is 2. The molecule has 0 spiro atoms. The van der Waals surface area contributed by atoms with E-state index in [9.17, 15) is 14.7 Å². The first-order valence-corrected chi connectivity index (χ1v) is 3.77. The van der Waals surface area contributed by atoms with E-state index in [1.165, 1.54) is 7.11 Å². The van der Waals surface area contributed by atoms with Crippen molar-refractivity contribution in [1.82, 2.24) is 0 Å². The number of methoxy groups -OCH3 is 1. The molecule has 0 rings (SSSR count). The Hall–Kier alpha value is -1.00. The van der Waals surface area contributed by atoms with Crippen LogP contribution in [0.5, 0.6) is 0 Å². The van der Waals surface area contributed by atoms with E-state index in [4.69, 9.17) is 23.2 Å². The Morgan fingerprint density at radius 3 is 2.23 bits per heavy atom. The van der Waals surface area contributed by atoms with Crippen molar-refractivity contribution in [2.45, 2.75) is 0 Å². The standard InChI is InChI=1S/C7H6Cl2O4/c1-13-5(10)3-2-4(8)6(9)7(11)12/h2-3H,1H3,(H,11,12)/p-1/b3-2+,6-4+. The molecule has 6 heteroatoms. The van der Waals surface area contributed by atoms with Gasteiger partial charge in [-0.05, 0) is 6.08 Å². The molecule has 0 fully saturated rings. The number of rotatable bonds is 3. The average Bonchev–Trinajstić information content (AvgIpc) is 2.11. The Balaban J connectivity index is 4.54. The molecule has 0 radical (unpaired) electrons. The lowest BCUT2D eigenvalue weighted by molar-refractivity contribution is -0.298. The van der Waals surface area contributed by atoms with Crippen LogP contribution in [0.1, 0.15) is 0 Å². The fourth-order valence-corrected chi connectivity index (χ4v) is 0.583. The number of carboxylic acid groups (broad SMARTS) is 1. The lowest BCUT2D eigenvalue weighted by atomic mass is 10.4. The van der Waals surface area contributed by atoms with Crippen molar-refractivity contribution < 1.29 is 19.4 Å². The van der Waals surface area contributed by atoms with Crippen molar-refractivity contribution >= 4 is 35.1 Å². The zero-order valence-corrected chi connectivity index (χ0v) is 8.06. The Morgan fingerprint density at radius 2 is 1.85 bits per heavy atom. The third-order valence-corrected chi connectivity index (χ3v) is 1.73. The minimum Gasteiger partial charge on any atom is -0.544 e. The van der Waals surface area contributed by atoms with Crippen LogP contribution in [0.4, 0.5) is 0 Å². The highest BCUT2D eigenvalue weighted by Gasteiger charge is 2.00. The summed E-state index contributed by atoms with van der Waals surface area (Å²) in [5, 5.41) is 9.16. The average molecular weight is 224 g/mol. The van der Waals surface area contributed by atoms with Gasteiger partial charge in [-0.25, -0.2) is 4.79 Å². The fourth-order valence-electron chi connectivity index (χ4n) is 0.380. The number of carbonyl (C=O) groups excluding carboxylic acids is 2. The highest BCUT2D eigenvalue weighted by molar-refractivity contribution is 6.47. The van der Waals surface area contributed by atoms with Crippen molar-refractivity contribution in [3.05, 3.63) is 22.2 Å². The van der Waals surface area contributed by atoms with Gasteiger partial charge < -0.3 is 14.6 Å². The molecule has 0 saturated heterocycles. The number of halogens is 2. The van der Waals surface area contributed by atoms with E-state index < -0.39 is 17.0 Å². The summed E-state index contributed by atoms with van der Waals surface area (Å²) in [7, 11) is 1.17. The number of ether oxygens (including phenoxy) is 1. The first-order valence-electron chi connectivity index (χ1n) is 3.01. The molecular weight excluding hydrogens is 219 g/mol. The summed E-state index contributed by atoms with van der Waals surface area (Å²) in [4.78, 5) is 20.6. The summed E-state index contributed by atoms with van der Waals surface area (Å²) < 4.78 is 4.23. The molecule has 13 heavy (non-hydrogen) atoms. The SMILES string of the molecule is COC(=O)/C=C/C(Cl)=C(\Cl)C(=O)[O-]. The second-order valence-corrected chi connectivity index (χ2v) is 2.59. The minimum absolute atomic E-state index is 0.299. The predicted molar refractivity (Wildman–Crippen MR) is 44.9 cm³/mol. The number of hydrogen-bond donors (Lipinski definition) is 0. The van der Waals surface area contributed by atoms with Gasteiger partial charge in [0.15, 0.2) is 0 Å². The summed E-state index contributed by atoms with van der Waals surface area (Å²) >= 11 is 10.5. The Kier molecular flexibility index (Phi) is 5.18. The van der Waals surface area contributed by atoms with E-state index in [1.54, 1.807) is 0 Å². The molecule has 0 aromatic heterocycles. The van der Waals surface area contributed by atoms with Gasteiger partial charge in [0.2, 0.25) is 0 Å². The molecule has 0 saturated carbocycles. The maximum atomic E-state index is 10.5. The highest BCUT2D eigenvalue weighted by atomic mass is 35.5. The van der Waals surface area contributed by atoms with Crippen molar-refractivity contribution in [1.29, 1.82) is 0 Å². The molecule has 72 valence electrons. The molecule has 0 N–H and O–H groups in total. The van der Waals surface area contributed by atoms with Crippen LogP contribution in [-0.2, 0) is 14.3 Å². The molecule has 0 amide bonds. The third kappa shape index (κ3) is 4.55. The highest BCUT2D eigenvalue weighted by Crippen LogP contribution is 2.14. The number of carboxylic acids is 1. The molecular formula is C7H5Cl2O4-. The van der Waals surface area contributed by atoms with E-state index in [-0.39, 0.29) is 5.03 Å². The molecule has 0 atom stereocenters. The van der Waals surface area contributed by atoms with Crippen LogP contribution in [0.2, 0.25) is 0 Å². The second kappa shape index (κ2) is 5.61.